The van der Waals surface area contributed by atoms with Gasteiger partial charge in [-0.3, -0.25) is 14.4 Å². The molecule has 0 bridgehead atoms. The van der Waals surface area contributed by atoms with Crippen LogP contribution in [0.25, 0.3) is 0 Å². The normalized spacial score (nSPS) is 16.9. The molecule has 2 fully saturated rings. The maximum absolute atomic E-state index is 12.7. The number of hydrogen-bond donors (Lipinski definition) is 0. The fourth-order valence-corrected chi connectivity index (χ4v) is 5.28. The average Bonchev–Trinajstić information content (AvgIpc) is 3.65. The minimum atomic E-state index is -3.57. The van der Waals surface area contributed by atoms with Gasteiger partial charge in [0.05, 0.1) is 17.9 Å². The Labute approximate surface area is 195 Å². The van der Waals surface area contributed by atoms with Gasteiger partial charge < -0.3 is 14.5 Å². The predicted octanol–water partition coefficient (Wildman–Crippen LogP) is 1.49. The fraction of sp³-hybridized carbons (Fsp3) is 0.609. The van der Waals surface area contributed by atoms with E-state index in [1.54, 1.807) is 47.1 Å². The summed E-state index contributed by atoms with van der Waals surface area (Å²) in [7, 11) is -3.57. The van der Waals surface area contributed by atoms with E-state index in [0.29, 0.717) is 38.7 Å². The van der Waals surface area contributed by atoms with E-state index in [1.807, 2.05) is 0 Å². The van der Waals surface area contributed by atoms with Crippen molar-refractivity contribution in [3.8, 4) is 0 Å². The van der Waals surface area contributed by atoms with Crippen LogP contribution < -0.4 is 0 Å². The van der Waals surface area contributed by atoms with E-state index in [9.17, 15) is 22.8 Å². The lowest BCUT2D eigenvalue weighted by molar-refractivity contribution is -0.144. The first-order valence-corrected chi connectivity index (χ1v) is 13.0. The average molecular weight is 480 g/mol. The van der Waals surface area contributed by atoms with Gasteiger partial charge >= 0.3 is 5.97 Å². The van der Waals surface area contributed by atoms with Gasteiger partial charge in [0.15, 0.2) is 0 Å². The van der Waals surface area contributed by atoms with E-state index in [1.165, 1.54) is 4.31 Å². The maximum Gasteiger partial charge on any atom is 0.307 e. The van der Waals surface area contributed by atoms with Crippen LogP contribution in [0, 0.1) is 5.92 Å². The molecule has 0 unspecified atom stereocenters. The number of nitrogens with zero attached hydrogens (tertiary/aromatic N) is 3. The van der Waals surface area contributed by atoms with Gasteiger partial charge in [-0.25, -0.2) is 8.42 Å². The van der Waals surface area contributed by atoms with Crippen molar-refractivity contribution in [2.75, 3.05) is 45.9 Å². The molecule has 0 spiro atoms. The summed E-state index contributed by atoms with van der Waals surface area (Å²) in [5, 5.41) is 0. The van der Waals surface area contributed by atoms with Gasteiger partial charge in [0.25, 0.3) is 0 Å². The summed E-state index contributed by atoms with van der Waals surface area (Å²) in [6.07, 6.45) is 2.47. The molecule has 2 amide bonds. The summed E-state index contributed by atoms with van der Waals surface area (Å²) in [5.74, 6) is -0.140. The molecule has 9 nitrogen and oxygen atoms in total. The Morgan fingerprint density at radius 3 is 2.27 bits per heavy atom. The van der Waals surface area contributed by atoms with E-state index in [2.05, 4.69) is 0 Å². The Hall–Kier alpha value is -2.46. The monoisotopic (exact) mass is 479 g/mol. The molecule has 1 aliphatic heterocycles. The van der Waals surface area contributed by atoms with Gasteiger partial charge in [-0.2, -0.15) is 4.31 Å². The van der Waals surface area contributed by atoms with Crippen LogP contribution in [0.15, 0.2) is 35.2 Å². The van der Waals surface area contributed by atoms with Gasteiger partial charge in [-0.15, -0.1) is 0 Å². The van der Waals surface area contributed by atoms with Crippen molar-refractivity contribution in [1.82, 2.24) is 14.1 Å². The quantitative estimate of drug-likeness (QED) is 0.446. The SMILES string of the molecule is CCOC(=O)CCN(CC1CC1)C(=O)CCC(=O)N1CCN(S(=O)(=O)c2ccccc2)CC1. The summed E-state index contributed by atoms with van der Waals surface area (Å²) < 4.78 is 31.8. The van der Waals surface area contributed by atoms with Gasteiger partial charge in [0, 0.05) is 52.1 Å². The van der Waals surface area contributed by atoms with E-state index >= 15 is 0 Å². The maximum atomic E-state index is 12.7. The largest absolute Gasteiger partial charge is 0.466 e. The number of sulfonamides is 1. The van der Waals surface area contributed by atoms with E-state index in [0.717, 1.165) is 12.8 Å². The fourth-order valence-electron chi connectivity index (χ4n) is 3.84. The summed E-state index contributed by atoms with van der Waals surface area (Å²) in [4.78, 5) is 40.6. The van der Waals surface area contributed by atoms with Crippen LogP contribution >= 0.6 is 0 Å². The summed E-state index contributed by atoms with van der Waals surface area (Å²) in [5.41, 5.74) is 0. The zero-order valence-electron chi connectivity index (χ0n) is 19.1. The van der Waals surface area contributed by atoms with Crippen LogP contribution in [-0.4, -0.2) is 86.2 Å². The van der Waals surface area contributed by atoms with Crippen LogP contribution in [0.3, 0.4) is 0 Å². The number of ether oxygens (including phenoxy) is 1. The van der Waals surface area contributed by atoms with Crippen molar-refractivity contribution < 1.29 is 27.5 Å². The van der Waals surface area contributed by atoms with Crippen molar-refractivity contribution >= 4 is 27.8 Å². The molecule has 0 aromatic heterocycles. The lowest BCUT2D eigenvalue weighted by Gasteiger charge is -2.34. The molecule has 1 saturated heterocycles. The topological polar surface area (TPSA) is 104 Å². The molecule has 0 atom stereocenters. The molecule has 0 N–H and O–H groups in total. The predicted molar refractivity (Wildman–Crippen MR) is 122 cm³/mol. The molecule has 1 aliphatic carbocycles. The van der Waals surface area contributed by atoms with E-state index < -0.39 is 10.0 Å². The molecule has 1 saturated carbocycles. The third kappa shape index (κ3) is 7.26. The zero-order chi connectivity index (χ0) is 23.8. The van der Waals surface area contributed by atoms with E-state index in [4.69, 9.17) is 4.74 Å². The van der Waals surface area contributed by atoms with Crippen molar-refractivity contribution in [2.24, 2.45) is 5.92 Å². The van der Waals surface area contributed by atoms with Gasteiger partial charge in [-0.05, 0) is 37.8 Å². The van der Waals surface area contributed by atoms with Crippen LogP contribution in [-0.2, 0) is 29.1 Å². The van der Waals surface area contributed by atoms with E-state index in [-0.39, 0.29) is 55.0 Å². The standard InChI is InChI=1S/C23H33N3O6S/c1-2-32-23(29)12-13-25(18-19-8-9-19)22(28)11-10-21(27)24-14-16-26(17-15-24)33(30,31)20-6-4-3-5-7-20/h3-7,19H,2,8-18H2,1H3. The third-order valence-corrected chi connectivity index (χ3v) is 7.86. The molecule has 1 heterocycles. The van der Waals surface area contributed by atoms with Gasteiger partial charge in [0.2, 0.25) is 21.8 Å². The second-order valence-corrected chi connectivity index (χ2v) is 10.4. The molecule has 3 rings (SSSR count). The smallest absolute Gasteiger partial charge is 0.307 e. The second kappa shape index (κ2) is 11.6. The second-order valence-electron chi connectivity index (χ2n) is 8.44. The Balaban J connectivity index is 1.46. The zero-order valence-corrected chi connectivity index (χ0v) is 20.0. The third-order valence-electron chi connectivity index (χ3n) is 5.94. The molecule has 33 heavy (non-hydrogen) atoms. The minimum Gasteiger partial charge on any atom is -0.466 e. The van der Waals surface area contributed by atoms with Crippen molar-refractivity contribution in [1.29, 1.82) is 0 Å². The highest BCUT2D eigenvalue weighted by Crippen LogP contribution is 2.30. The minimum absolute atomic E-state index is 0.0742. The van der Waals surface area contributed by atoms with Crippen molar-refractivity contribution in [3.05, 3.63) is 30.3 Å². The Morgan fingerprint density at radius 1 is 1.00 bits per heavy atom. The highest BCUT2D eigenvalue weighted by atomic mass is 32.2. The number of benzene rings is 1. The molecule has 1 aromatic carbocycles. The lowest BCUT2D eigenvalue weighted by Crippen LogP contribution is -2.50. The number of carbonyl (C=O) groups is 3. The number of piperazine rings is 1. The molecule has 1 aromatic rings. The number of amides is 2. The lowest BCUT2D eigenvalue weighted by atomic mass is 10.2. The molecule has 182 valence electrons. The first-order chi connectivity index (χ1) is 15.8. The molecule has 10 heteroatoms. The first kappa shape index (κ1) is 25.2. The van der Waals surface area contributed by atoms with Crippen LogP contribution in [0.2, 0.25) is 0 Å². The van der Waals surface area contributed by atoms with Crippen LogP contribution in [0.5, 0.6) is 0 Å². The highest BCUT2D eigenvalue weighted by molar-refractivity contribution is 7.89. The molecule has 2 aliphatic rings. The van der Waals surface area contributed by atoms with Gasteiger partial charge in [0.1, 0.15) is 0 Å². The van der Waals surface area contributed by atoms with Crippen LogP contribution in [0.4, 0.5) is 0 Å². The van der Waals surface area contributed by atoms with Crippen molar-refractivity contribution in [3.63, 3.8) is 0 Å². The van der Waals surface area contributed by atoms with Gasteiger partial charge in [-0.1, -0.05) is 18.2 Å². The number of rotatable bonds is 11. The first-order valence-electron chi connectivity index (χ1n) is 11.6. The molecular formula is C23H33N3O6S. The number of carbonyl (C=O) groups excluding carboxylic acids is 3. The summed E-state index contributed by atoms with van der Waals surface area (Å²) >= 11 is 0. The molecular weight excluding hydrogens is 446 g/mol. The Morgan fingerprint density at radius 2 is 1.67 bits per heavy atom. The Kier molecular flexibility index (Phi) is 8.85. The highest BCUT2D eigenvalue weighted by Gasteiger charge is 2.31. The number of esters is 1. The summed E-state index contributed by atoms with van der Waals surface area (Å²) in [6.45, 7) is 4.02. The number of hydrogen-bond acceptors (Lipinski definition) is 6. The Bertz CT molecular complexity index is 925. The van der Waals surface area contributed by atoms with Crippen LogP contribution in [0.1, 0.15) is 39.0 Å². The molecule has 0 radical (unpaired) electrons. The summed E-state index contributed by atoms with van der Waals surface area (Å²) in [6, 6.07) is 8.26. The van der Waals surface area contributed by atoms with Crippen molar-refractivity contribution in [2.45, 2.75) is 43.9 Å².